The molecule has 0 aliphatic carbocycles. The fourth-order valence-electron chi connectivity index (χ4n) is 4.29. The van der Waals surface area contributed by atoms with E-state index >= 15 is 0 Å². The van der Waals surface area contributed by atoms with Gasteiger partial charge < -0.3 is 10.2 Å². The largest absolute Gasteiger partial charge is 0.354 e. The maximum atomic E-state index is 14.1. The lowest BCUT2D eigenvalue weighted by Gasteiger charge is -2.33. The highest BCUT2D eigenvalue weighted by molar-refractivity contribution is 7.92. The molecule has 0 aliphatic heterocycles. The molecule has 7 nitrogen and oxygen atoms in total. The van der Waals surface area contributed by atoms with E-state index in [0.29, 0.717) is 34.3 Å². The molecule has 0 aromatic heterocycles. The van der Waals surface area contributed by atoms with Crippen molar-refractivity contribution in [1.29, 1.82) is 0 Å². The topological polar surface area (TPSA) is 86.8 Å². The number of nitrogens with zero attached hydrogens (tertiary/aromatic N) is 2. The Kier molecular flexibility index (Phi) is 11.0. The van der Waals surface area contributed by atoms with Crippen LogP contribution < -0.4 is 9.62 Å². The van der Waals surface area contributed by atoms with Gasteiger partial charge in [-0.1, -0.05) is 72.9 Å². The first-order valence-electron chi connectivity index (χ1n) is 13.2. The molecule has 40 heavy (non-hydrogen) atoms. The standard InChI is InChI=1S/C30H35Cl2N3O4S/c1-5-17-33-30(37)28(6-2)34(19-25-26(31)11-8-12-27(25)32)29(36)20-35(23-10-7-9-22(4)18-23)40(38,39)24-15-13-21(3)14-16-24/h7-16,18,28H,5-6,17,19-20H2,1-4H3,(H,33,37). The molecule has 0 aliphatic rings. The first kappa shape index (κ1) is 31.5. The first-order valence-corrected chi connectivity index (χ1v) is 15.3. The summed E-state index contributed by atoms with van der Waals surface area (Å²) in [5.74, 6) is -0.893. The van der Waals surface area contributed by atoms with Gasteiger partial charge in [0.05, 0.1) is 10.6 Å². The van der Waals surface area contributed by atoms with Crippen LogP contribution in [0.1, 0.15) is 43.4 Å². The molecule has 2 amide bonds. The number of sulfonamides is 1. The number of hydrogen-bond acceptors (Lipinski definition) is 4. The molecule has 0 radical (unpaired) electrons. The van der Waals surface area contributed by atoms with Crippen molar-refractivity contribution in [3.63, 3.8) is 0 Å². The SMILES string of the molecule is CCCNC(=O)C(CC)N(Cc1c(Cl)cccc1Cl)C(=O)CN(c1cccc(C)c1)S(=O)(=O)c1ccc(C)cc1. The Morgan fingerprint density at radius 2 is 1.52 bits per heavy atom. The highest BCUT2D eigenvalue weighted by atomic mass is 35.5. The van der Waals surface area contributed by atoms with E-state index in [0.717, 1.165) is 21.9 Å². The third kappa shape index (κ3) is 7.56. The molecule has 10 heteroatoms. The number of rotatable bonds is 12. The second-order valence-corrected chi connectivity index (χ2v) is 12.3. The van der Waals surface area contributed by atoms with Crippen LogP contribution in [0.5, 0.6) is 0 Å². The van der Waals surface area contributed by atoms with Crippen LogP contribution in [-0.4, -0.2) is 44.3 Å². The average Bonchev–Trinajstić information content (AvgIpc) is 2.92. The zero-order chi connectivity index (χ0) is 29.4. The minimum atomic E-state index is -4.14. The molecule has 1 N–H and O–H groups in total. The molecule has 0 bridgehead atoms. The summed E-state index contributed by atoms with van der Waals surface area (Å²) >= 11 is 12.9. The van der Waals surface area contributed by atoms with Crippen molar-refractivity contribution < 1.29 is 18.0 Å². The van der Waals surface area contributed by atoms with Crippen molar-refractivity contribution in [2.24, 2.45) is 0 Å². The van der Waals surface area contributed by atoms with Gasteiger partial charge in [0, 0.05) is 28.7 Å². The minimum absolute atomic E-state index is 0.0563. The molecular formula is C30H35Cl2N3O4S. The van der Waals surface area contributed by atoms with Crippen molar-refractivity contribution in [2.75, 3.05) is 17.4 Å². The van der Waals surface area contributed by atoms with Crippen LogP contribution in [0.2, 0.25) is 10.0 Å². The van der Waals surface area contributed by atoms with Gasteiger partial charge in [-0.2, -0.15) is 0 Å². The number of benzene rings is 3. The number of carbonyl (C=O) groups is 2. The summed E-state index contributed by atoms with van der Waals surface area (Å²) in [6.07, 6.45) is 1.03. The number of halogens is 2. The number of hydrogen-bond donors (Lipinski definition) is 1. The molecular weight excluding hydrogens is 569 g/mol. The lowest BCUT2D eigenvalue weighted by molar-refractivity contribution is -0.140. The second-order valence-electron chi connectivity index (χ2n) is 9.60. The molecule has 3 aromatic rings. The van der Waals surface area contributed by atoms with Crippen LogP contribution in [0.3, 0.4) is 0 Å². The fraction of sp³-hybridized carbons (Fsp3) is 0.333. The van der Waals surface area contributed by atoms with Crippen molar-refractivity contribution in [3.8, 4) is 0 Å². The lowest BCUT2D eigenvalue weighted by atomic mass is 10.1. The predicted molar refractivity (Wildman–Crippen MR) is 161 cm³/mol. The Morgan fingerprint density at radius 1 is 0.900 bits per heavy atom. The van der Waals surface area contributed by atoms with E-state index in [1.807, 2.05) is 26.8 Å². The molecule has 0 fully saturated rings. The Labute approximate surface area is 247 Å². The molecule has 3 rings (SSSR count). The van der Waals surface area contributed by atoms with Crippen molar-refractivity contribution >= 4 is 50.7 Å². The van der Waals surface area contributed by atoms with Gasteiger partial charge >= 0.3 is 0 Å². The predicted octanol–water partition coefficient (Wildman–Crippen LogP) is 6.14. The average molecular weight is 605 g/mol. The van der Waals surface area contributed by atoms with E-state index in [-0.39, 0.29) is 17.3 Å². The summed E-state index contributed by atoms with van der Waals surface area (Å²) in [6, 6.07) is 17.5. The monoisotopic (exact) mass is 603 g/mol. The normalized spacial score (nSPS) is 12.1. The Morgan fingerprint density at radius 3 is 2.10 bits per heavy atom. The van der Waals surface area contributed by atoms with Gasteiger partial charge in [0.1, 0.15) is 12.6 Å². The zero-order valence-corrected chi connectivity index (χ0v) is 25.5. The number of amides is 2. The molecule has 3 aromatic carbocycles. The maximum Gasteiger partial charge on any atom is 0.264 e. The quantitative estimate of drug-likeness (QED) is 0.269. The van der Waals surface area contributed by atoms with E-state index in [4.69, 9.17) is 23.2 Å². The van der Waals surface area contributed by atoms with Gasteiger partial charge in [0.15, 0.2) is 0 Å². The van der Waals surface area contributed by atoms with E-state index in [2.05, 4.69) is 5.32 Å². The fourth-order valence-corrected chi connectivity index (χ4v) is 6.21. The van der Waals surface area contributed by atoms with Gasteiger partial charge in [-0.3, -0.25) is 13.9 Å². The third-order valence-corrected chi connectivity index (χ3v) is 9.00. The van der Waals surface area contributed by atoms with Crippen molar-refractivity contribution in [3.05, 3.63) is 93.5 Å². The van der Waals surface area contributed by atoms with Crippen molar-refractivity contribution in [2.45, 2.75) is 58.0 Å². The van der Waals surface area contributed by atoms with Gasteiger partial charge in [0.25, 0.3) is 10.0 Å². The van der Waals surface area contributed by atoms with E-state index in [1.54, 1.807) is 55.5 Å². The van der Waals surface area contributed by atoms with E-state index in [1.165, 1.54) is 17.0 Å². The van der Waals surface area contributed by atoms with Gasteiger partial charge in [-0.15, -0.1) is 0 Å². The second kappa shape index (κ2) is 14.0. The van der Waals surface area contributed by atoms with Crippen LogP contribution in [-0.2, 0) is 26.2 Å². The van der Waals surface area contributed by atoms with Crippen LogP contribution >= 0.6 is 23.2 Å². The highest BCUT2D eigenvalue weighted by Crippen LogP contribution is 2.29. The first-order chi connectivity index (χ1) is 19.0. The number of nitrogens with one attached hydrogen (secondary N) is 1. The molecule has 1 atom stereocenters. The smallest absolute Gasteiger partial charge is 0.264 e. The Hall–Kier alpha value is -3.07. The van der Waals surface area contributed by atoms with Crippen LogP contribution in [0.25, 0.3) is 0 Å². The zero-order valence-electron chi connectivity index (χ0n) is 23.2. The van der Waals surface area contributed by atoms with Gasteiger partial charge in [-0.25, -0.2) is 8.42 Å². The Balaban J connectivity index is 2.09. The summed E-state index contributed by atoms with van der Waals surface area (Å²) < 4.78 is 28.9. The summed E-state index contributed by atoms with van der Waals surface area (Å²) in [5, 5.41) is 3.55. The Bertz CT molecular complexity index is 1430. The van der Waals surface area contributed by atoms with E-state index < -0.39 is 28.5 Å². The third-order valence-electron chi connectivity index (χ3n) is 6.50. The molecule has 0 heterocycles. The molecule has 0 saturated carbocycles. The minimum Gasteiger partial charge on any atom is -0.354 e. The molecule has 1 unspecified atom stereocenters. The molecule has 0 spiro atoms. The van der Waals surface area contributed by atoms with Gasteiger partial charge in [0.2, 0.25) is 11.8 Å². The summed E-state index contributed by atoms with van der Waals surface area (Å²) in [7, 11) is -4.14. The highest BCUT2D eigenvalue weighted by Gasteiger charge is 2.34. The lowest BCUT2D eigenvalue weighted by Crippen LogP contribution is -2.52. The molecule has 0 saturated heterocycles. The van der Waals surface area contributed by atoms with Crippen LogP contribution in [0.15, 0.2) is 71.6 Å². The van der Waals surface area contributed by atoms with Crippen LogP contribution in [0, 0.1) is 13.8 Å². The molecule has 214 valence electrons. The summed E-state index contributed by atoms with van der Waals surface area (Å²) in [4.78, 5) is 28.7. The number of carbonyl (C=O) groups excluding carboxylic acids is 2. The number of aryl methyl sites for hydroxylation is 2. The van der Waals surface area contributed by atoms with E-state index in [9.17, 15) is 18.0 Å². The summed E-state index contributed by atoms with van der Waals surface area (Å²) in [5.41, 5.74) is 2.56. The summed E-state index contributed by atoms with van der Waals surface area (Å²) in [6.45, 7) is 7.29. The van der Waals surface area contributed by atoms with Crippen LogP contribution in [0.4, 0.5) is 5.69 Å². The maximum absolute atomic E-state index is 14.1. The van der Waals surface area contributed by atoms with Crippen molar-refractivity contribution in [1.82, 2.24) is 10.2 Å². The number of anilines is 1. The van der Waals surface area contributed by atoms with Gasteiger partial charge in [-0.05, 0) is 68.7 Å².